The van der Waals surface area contributed by atoms with E-state index in [0.29, 0.717) is 0 Å². The number of hydrogen-bond acceptors (Lipinski definition) is 15. The molecule has 2 aliphatic heterocycles. The van der Waals surface area contributed by atoms with Crippen molar-refractivity contribution in [3.8, 4) is 11.1 Å². The first-order chi connectivity index (χ1) is 36.1. The summed E-state index contributed by atoms with van der Waals surface area (Å²) in [6.45, 7) is -0.963. The number of nitrogens with zero attached hydrogens (tertiary/aromatic N) is 4. The molecule has 0 spiro atoms. The van der Waals surface area contributed by atoms with Gasteiger partial charge in [0, 0.05) is 25.6 Å². The Morgan fingerprint density at radius 3 is 2.15 bits per heavy atom. The van der Waals surface area contributed by atoms with E-state index < -0.39 is 109 Å². The number of amides is 6. The van der Waals surface area contributed by atoms with Crippen LogP contribution in [-0.4, -0.2) is 158 Å². The molecule has 1 aliphatic carbocycles. The van der Waals surface area contributed by atoms with Crippen molar-refractivity contribution in [2.75, 3.05) is 32.8 Å². The quantitative estimate of drug-likeness (QED) is 0.0307. The fourth-order valence-corrected chi connectivity index (χ4v) is 9.24. The number of guanidine groups is 1. The molecule has 3 aromatic carbocycles. The highest BCUT2D eigenvalue weighted by atomic mass is 16.6. The minimum atomic E-state index is -1.84. The van der Waals surface area contributed by atoms with Crippen LogP contribution in [-0.2, 0) is 44.7 Å². The van der Waals surface area contributed by atoms with Crippen molar-refractivity contribution in [1.82, 2.24) is 46.9 Å². The van der Waals surface area contributed by atoms with E-state index in [-0.39, 0.29) is 82.3 Å². The minimum absolute atomic E-state index is 0.00760. The minimum Gasteiger partial charge on any atom is -0.481 e. The first-order valence-corrected chi connectivity index (χ1v) is 24.5. The number of carboxylic acids is 1. The maximum absolute atomic E-state index is 14.3. The Balaban J connectivity index is 1.00. The van der Waals surface area contributed by atoms with Crippen molar-refractivity contribution in [3.63, 3.8) is 0 Å². The van der Waals surface area contributed by atoms with Crippen molar-refractivity contribution < 1.29 is 63.5 Å². The number of aliphatic imine (C=N–C) groups is 1. The molecule has 3 aliphatic rings. The van der Waals surface area contributed by atoms with Gasteiger partial charge in [0.05, 0.1) is 25.2 Å². The predicted octanol–water partition coefficient (Wildman–Crippen LogP) is -1.48. The van der Waals surface area contributed by atoms with Gasteiger partial charge in [-0.1, -0.05) is 84.1 Å². The van der Waals surface area contributed by atoms with Gasteiger partial charge < -0.3 is 73.3 Å². The molecule has 3 heterocycles. The molecule has 1 fully saturated rings. The highest BCUT2D eigenvalue weighted by molar-refractivity contribution is 5.94. The zero-order valence-electron chi connectivity index (χ0n) is 40.7. The predicted molar refractivity (Wildman–Crippen MR) is 266 cm³/mol. The van der Waals surface area contributed by atoms with Crippen LogP contribution in [0.25, 0.3) is 11.1 Å². The van der Waals surface area contributed by atoms with Gasteiger partial charge in [-0.25, -0.2) is 9.48 Å². The summed E-state index contributed by atoms with van der Waals surface area (Å²) in [5.74, 6) is -5.80. The van der Waals surface area contributed by atoms with Crippen molar-refractivity contribution in [2.24, 2.45) is 16.5 Å². The van der Waals surface area contributed by atoms with Crippen molar-refractivity contribution in [2.45, 2.75) is 106 Å². The Bertz CT molecular complexity index is 2660. The number of aromatic nitrogens is 3. The van der Waals surface area contributed by atoms with Crippen LogP contribution in [0.2, 0.25) is 0 Å². The molecule has 400 valence electrons. The molecule has 9 atom stereocenters. The maximum Gasteiger partial charge on any atom is 0.407 e. The summed E-state index contributed by atoms with van der Waals surface area (Å²) in [5.41, 5.74) is 16.0. The highest BCUT2D eigenvalue weighted by Gasteiger charge is 2.47. The van der Waals surface area contributed by atoms with Crippen molar-refractivity contribution in [1.29, 1.82) is 0 Å². The SMILES string of the molecule is NC(N)=NCCC[C@@H]1NC(=O)[C@H](CCCCNC(=O)C2O[C@H](CNC(=O)OCC3c4ccccc4-c4ccccc43)[C@H](O)C(O)[C@@H]2O)n2cc(nn2)[C@H](Cc2ccccc2)NC(=O)[C@H](CC(=O)O)NC(=O)CNC1=O. The number of nitrogens with one attached hydrogen (secondary N) is 6. The lowest BCUT2D eigenvalue weighted by molar-refractivity contribution is -0.218. The van der Waals surface area contributed by atoms with E-state index in [0.717, 1.165) is 27.8 Å². The molecular weight excluding hydrogens is 977 g/mol. The topological polar surface area (TPSA) is 386 Å². The third-order valence-corrected chi connectivity index (χ3v) is 13.1. The number of alkyl carbamates (subject to hydrolysis) is 1. The van der Waals surface area contributed by atoms with Gasteiger partial charge in [0.25, 0.3) is 5.91 Å². The number of aliphatic hydroxyl groups excluding tert-OH is 3. The van der Waals surface area contributed by atoms with Gasteiger partial charge in [-0.3, -0.25) is 33.8 Å². The zero-order chi connectivity index (χ0) is 53.6. The summed E-state index contributed by atoms with van der Waals surface area (Å²) < 4.78 is 12.6. The first kappa shape index (κ1) is 54.8. The normalized spacial score (nSPS) is 24.0. The molecule has 6 amide bonds. The molecule has 1 saturated heterocycles. The summed E-state index contributed by atoms with van der Waals surface area (Å²) in [5, 5.41) is 66.0. The number of nitrogens with two attached hydrogens (primary N) is 2. The van der Waals surface area contributed by atoms with Crippen molar-refractivity contribution in [3.05, 3.63) is 107 Å². The number of ether oxygens (including phenoxy) is 2. The summed E-state index contributed by atoms with van der Waals surface area (Å²) >= 11 is 0. The number of fused-ring (bicyclic) bond motifs is 5. The molecule has 0 saturated carbocycles. The molecule has 0 radical (unpaired) electrons. The van der Waals surface area contributed by atoms with Crippen LogP contribution in [0.15, 0.2) is 90.1 Å². The van der Waals surface area contributed by atoms with Crippen LogP contribution in [0.3, 0.4) is 0 Å². The van der Waals surface area contributed by atoms with Crippen LogP contribution in [0.1, 0.15) is 78.9 Å². The largest absolute Gasteiger partial charge is 0.481 e. The second-order valence-corrected chi connectivity index (χ2v) is 18.4. The molecule has 25 nitrogen and oxygen atoms in total. The number of benzene rings is 3. The molecular formula is C50H62N12O13. The molecule has 14 N–H and O–H groups in total. The maximum atomic E-state index is 14.3. The number of carboxylic acid groups (broad SMARTS) is 1. The third kappa shape index (κ3) is 14.4. The van der Waals surface area contributed by atoms with E-state index in [1.165, 1.54) is 10.9 Å². The molecule has 75 heavy (non-hydrogen) atoms. The fourth-order valence-electron chi connectivity index (χ4n) is 9.24. The number of carbonyl (C=O) groups excluding carboxylic acids is 6. The second kappa shape index (κ2) is 25.8. The van der Waals surface area contributed by atoms with E-state index in [9.17, 15) is 54.0 Å². The first-order valence-electron chi connectivity index (χ1n) is 24.5. The van der Waals surface area contributed by atoms with Crippen LogP contribution in [0.5, 0.6) is 0 Å². The van der Waals surface area contributed by atoms with Gasteiger partial charge >= 0.3 is 12.1 Å². The molecule has 25 heteroatoms. The Kier molecular flexibility index (Phi) is 18.8. The van der Waals surface area contributed by atoms with Gasteiger partial charge in [0.15, 0.2) is 12.1 Å². The van der Waals surface area contributed by atoms with E-state index in [1.807, 2.05) is 48.5 Å². The van der Waals surface area contributed by atoms with Crippen molar-refractivity contribution >= 4 is 47.6 Å². The molecule has 2 bridgehead atoms. The standard InChI is InChI=1S/C50H62N12O13/c51-49(52)54-20-10-17-33-45(69)55-24-39(63)57-35(22-40(64)65)46(70)59-34(21-27-11-2-1-3-12-27)36-25-62(61-60-36)37(47(71)58-33)18-8-9-19-53-48(72)44-43(68)42(67)41(66)38(75-44)23-56-50(73)74-26-32-30-15-6-4-13-28(30)29-14-5-7-16-31(29)32/h1-7,11-16,25,32-35,37-38,41-44,66-68H,8-10,17-24,26H2,(H,53,72)(H,55,69)(H,56,73)(H,57,63)(H,58,71)(H,59,70)(H,64,65)(H4,51,52,54)/t33-,34-,35-,37-,38+,41-,42?,43-,44?/m0/s1. The van der Waals surface area contributed by atoms with E-state index >= 15 is 0 Å². The Hall–Kier alpha value is -8.00. The van der Waals surface area contributed by atoms with Gasteiger partial charge in [0.2, 0.25) is 23.6 Å². The smallest absolute Gasteiger partial charge is 0.407 e. The molecule has 2 unspecified atom stereocenters. The zero-order valence-corrected chi connectivity index (χ0v) is 40.7. The number of aliphatic hydroxyl groups is 3. The fraction of sp³-hybridized carbons (Fsp3) is 0.440. The summed E-state index contributed by atoms with van der Waals surface area (Å²) in [6, 6.07) is 19.7. The Morgan fingerprint density at radius 2 is 1.45 bits per heavy atom. The van der Waals surface area contributed by atoms with Gasteiger partial charge in [-0.05, 0) is 66.3 Å². The number of carbonyl (C=O) groups is 7. The average Bonchev–Trinajstić information content (AvgIpc) is 4.01. The summed E-state index contributed by atoms with van der Waals surface area (Å²) in [6.07, 6.45) is -7.63. The van der Waals surface area contributed by atoms with Gasteiger partial charge in [-0.15, -0.1) is 5.10 Å². The lowest BCUT2D eigenvalue weighted by Crippen LogP contribution is -2.63. The van der Waals surface area contributed by atoms with Gasteiger partial charge in [-0.2, -0.15) is 0 Å². The van der Waals surface area contributed by atoms with Crippen LogP contribution < -0.4 is 43.4 Å². The van der Waals surface area contributed by atoms with Crippen LogP contribution in [0.4, 0.5) is 4.79 Å². The van der Waals surface area contributed by atoms with E-state index in [2.05, 4.69) is 47.2 Å². The monoisotopic (exact) mass is 1040 g/mol. The number of rotatable bonds is 18. The average molecular weight is 1040 g/mol. The highest BCUT2D eigenvalue weighted by Crippen LogP contribution is 2.44. The van der Waals surface area contributed by atoms with Crippen LogP contribution >= 0.6 is 0 Å². The summed E-state index contributed by atoms with van der Waals surface area (Å²) in [4.78, 5) is 96.8. The van der Waals surface area contributed by atoms with E-state index in [1.54, 1.807) is 30.3 Å². The number of hydrogen-bond donors (Lipinski definition) is 12. The van der Waals surface area contributed by atoms with E-state index in [4.69, 9.17) is 20.9 Å². The number of unbranched alkanes of at least 4 members (excludes halogenated alkanes) is 1. The lowest BCUT2D eigenvalue weighted by Gasteiger charge is -2.39. The number of aliphatic carboxylic acids is 1. The summed E-state index contributed by atoms with van der Waals surface area (Å²) in [7, 11) is 0. The third-order valence-electron chi connectivity index (χ3n) is 13.1. The molecule has 7 rings (SSSR count). The van der Waals surface area contributed by atoms with Gasteiger partial charge in [0.1, 0.15) is 54.8 Å². The Labute approximate surface area is 430 Å². The molecule has 4 aromatic rings. The second-order valence-electron chi connectivity index (χ2n) is 18.4. The molecule has 1 aromatic heterocycles. The van der Waals surface area contributed by atoms with Crippen LogP contribution in [0, 0.1) is 0 Å². The Morgan fingerprint density at radius 1 is 0.773 bits per heavy atom. The lowest BCUT2D eigenvalue weighted by atomic mass is 9.94.